The fraction of sp³-hybridized carbons (Fsp3) is 0.273. The van der Waals surface area contributed by atoms with Crippen LogP contribution in [0.15, 0.2) is 54.6 Å². The van der Waals surface area contributed by atoms with E-state index in [4.69, 9.17) is 4.74 Å². The van der Waals surface area contributed by atoms with E-state index in [2.05, 4.69) is 5.32 Å². The van der Waals surface area contributed by atoms with Gasteiger partial charge in [0.1, 0.15) is 6.04 Å². The number of anilines is 1. The van der Waals surface area contributed by atoms with Gasteiger partial charge in [0.05, 0.1) is 11.1 Å². The van der Waals surface area contributed by atoms with Gasteiger partial charge < -0.3 is 10.1 Å². The van der Waals surface area contributed by atoms with Crippen LogP contribution in [0.4, 0.5) is 5.69 Å². The number of rotatable bonds is 7. The third kappa shape index (κ3) is 4.51. The molecule has 3 rings (SSSR count). The minimum absolute atomic E-state index is 0.0232. The average Bonchev–Trinajstić information content (AvgIpc) is 2.96. The van der Waals surface area contributed by atoms with Gasteiger partial charge >= 0.3 is 5.97 Å². The Morgan fingerprint density at radius 1 is 0.931 bits per heavy atom. The van der Waals surface area contributed by atoms with Crippen molar-refractivity contribution in [2.45, 2.75) is 26.3 Å². The smallest absolute Gasteiger partial charge is 0.329 e. The van der Waals surface area contributed by atoms with E-state index >= 15 is 0 Å². The number of hydrogen-bond donors (Lipinski definition) is 1. The molecule has 2 aromatic carbocycles. The van der Waals surface area contributed by atoms with E-state index in [1.807, 2.05) is 19.9 Å². The predicted octanol–water partition coefficient (Wildman–Crippen LogP) is 2.88. The third-order valence-electron chi connectivity index (χ3n) is 4.51. The number of esters is 1. The molecule has 7 nitrogen and oxygen atoms in total. The molecular weight excluding hydrogens is 372 g/mol. The number of benzene rings is 2. The second kappa shape index (κ2) is 8.68. The van der Waals surface area contributed by atoms with Crippen LogP contribution < -0.4 is 5.32 Å². The molecule has 0 aromatic heterocycles. The van der Waals surface area contributed by atoms with Crippen LogP contribution in [-0.2, 0) is 14.3 Å². The van der Waals surface area contributed by atoms with Gasteiger partial charge in [-0.05, 0) is 36.6 Å². The minimum atomic E-state index is -1.09. The van der Waals surface area contributed by atoms with E-state index < -0.39 is 36.3 Å². The summed E-state index contributed by atoms with van der Waals surface area (Å²) >= 11 is 0. The molecule has 1 heterocycles. The molecule has 29 heavy (non-hydrogen) atoms. The fourth-order valence-corrected chi connectivity index (χ4v) is 3.20. The van der Waals surface area contributed by atoms with Gasteiger partial charge in [-0.15, -0.1) is 0 Å². The molecule has 2 aromatic rings. The molecule has 1 aliphatic rings. The Hall–Kier alpha value is -3.48. The number of nitrogens with zero attached hydrogens (tertiary/aromatic N) is 1. The van der Waals surface area contributed by atoms with Crippen molar-refractivity contribution in [1.29, 1.82) is 0 Å². The number of carbonyl (C=O) groups excluding carboxylic acids is 4. The molecule has 0 unspecified atom stereocenters. The van der Waals surface area contributed by atoms with Crippen LogP contribution in [-0.4, -0.2) is 41.2 Å². The normalized spacial score (nSPS) is 14.0. The monoisotopic (exact) mass is 394 g/mol. The first-order valence-corrected chi connectivity index (χ1v) is 9.37. The first-order chi connectivity index (χ1) is 13.9. The van der Waals surface area contributed by atoms with Gasteiger partial charge in [0, 0.05) is 5.69 Å². The number of ether oxygens (including phenoxy) is 1. The summed E-state index contributed by atoms with van der Waals surface area (Å²) in [5.74, 6) is -2.31. The summed E-state index contributed by atoms with van der Waals surface area (Å²) in [6.07, 6.45) is 0.241. The Morgan fingerprint density at radius 3 is 2.03 bits per heavy atom. The first-order valence-electron chi connectivity index (χ1n) is 9.37. The van der Waals surface area contributed by atoms with Crippen molar-refractivity contribution in [3.8, 4) is 0 Å². The van der Waals surface area contributed by atoms with Crippen LogP contribution in [0.5, 0.6) is 0 Å². The molecule has 1 atom stereocenters. The van der Waals surface area contributed by atoms with E-state index in [1.165, 1.54) is 0 Å². The molecule has 0 saturated carbocycles. The molecule has 0 bridgehead atoms. The highest BCUT2D eigenvalue weighted by Crippen LogP contribution is 2.27. The summed E-state index contributed by atoms with van der Waals surface area (Å²) in [5.41, 5.74) is 1.11. The molecule has 1 N–H and O–H groups in total. The molecule has 0 spiro atoms. The molecule has 3 amide bonds. The number of fused-ring (bicyclic) bond motifs is 1. The second-order valence-corrected chi connectivity index (χ2v) is 7.19. The van der Waals surface area contributed by atoms with Crippen molar-refractivity contribution in [3.05, 3.63) is 65.7 Å². The summed E-state index contributed by atoms with van der Waals surface area (Å²) in [4.78, 5) is 51.2. The number of para-hydroxylation sites is 1. The van der Waals surface area contributed by atoms with Crippen LogP contribution in [0.3, 0.4) is 0 Å². The molecule has 1 aliphatic heterocycles. The van der Waals surface area contributed by atoms with Crippen molar-refractivity contribution in [2.75, 3.05) is 11.9 Å². The molecule has 0 saturated heterocycles. The third-order valence-corrected chi connectivity index (χ3v) is 4.51. The van der Waals surface area contributed by atoms with E-state index in [-0.39, 0.29) is 23.5 Å². The topological polar surface area (TPSA) is 92.8 Å². The summed E-state index contributed by atoms with van der Waals surface area (Å²) in [7, 11) is 0. The quantitative estimate of drug-likeness (QED) is 0.576. The van der Waals surface area contributed by atoms with Crippen LogP contribution in [0.2, 0.25) is 0 Å². The SMILES string of the molecule is CC(C)C[C@H](C(=O)OCC(=O)Nc1ccccc1)N1C(=O)c2ccccc2C1=O. The number of amides is 3. The maximum Gasteiger partial charge on any atom is 0.329 e. The van der Waals surface area contributed by atoms with Gasteiger partial charge in [0.25, 0.3) is 17.7 Å². The Bertz CT molecular complexity index is 904. The van der Waals surface area contributed by atoms with Gasteiger partial charge in [0.2, 0.25) is 0 Å². The van der Waals surface area contributed by atoms with Crippen LogP contribution in [0.25, 0.3) is 0 Å². The summed E-state index contributed by atoms with van der Waals surface area (Å²) < 4.78 is 5.15. The van der Waals surface area contributed by atoms with Crippen LogP contribution in [0.1, 0.15) is 41.0 Å². The number of imide groups is 1. The van der Waals surface area contributed by atoms with Crippen molar-refractivity contribution in [1.82, 2.24) is 4.90 Å². The van der Waals surface area contributed by atoms with E-state index in [9.17, 15) is 19.2 Å². The molecule has 150 valence electrons. The van der Waals surface area contributed by atoms with E-state index in [1.54, 1.807) is 48.5 Å². The minimum Gasteiger partial charge on any atom is -0.454 e. The Balaban J connectivity index is 1.70. The maximum atomic E-state index is 12.7. The van der Waals surface area contributed by atoms with E-state index in [0.717, 1.165) is 4.90 Å². The number of carbonyl (C=O) groups is 4. The predicted molar refractivity (Wildman–Crippen MR) is 106 cm³/mol. The lowest BCUT2D eigenvalue weighted by Crippen LogP contribution is -2.46. The second-order valence-electron chi connectivity index (χ2n) is 7.19. The van der Waals surface area contributed by atoms with Crippen molar-refractivity contribution >= 4 is 29.4 Å². The van der Waals surface area contributed by atoms with E-state index in [0.29, 0.717) is 5.69 Å². The Kier molecular flexibility index (Phi) is 6.07. The summed E-state index contributed by atoms with van der Waals surface area (Å²) in [6, 6.07) is 14.1. The fourth-order valence-electron chi connectivity index (χ4n) is 3.20. The van der Waals surface area contributed by atoms with Gasteiger partial charge in [-0.25, -0.2) is 4.79 Å². The lowest BCUT2D eigenvalue weighted by molar-refractivity contribution is -0.151. The number of hydrogen-bond acceptors (Lipinski definition) is 5. The Morgan fingerprint density at radius 2 is 1.48 bits per heavy atom. The zero-order valence-corrected chi connectivity index (χ0v) is 16.3. The van der Waals surface area contributed by atoms with Gasteiger partial charge in [-0.1, -0.05) is 44.2 Å². The highest BCUT2D eigenvalue weighted by atomic mass is 16.5. The van der Waals surface area contributed by atoms with Gasteiger partial charge in [-0.2, -0.15) is 0 Å². The highest BCUT2D eigenvalue weighted by molar-refractivity contribution is 6.22. The summed E-state index contributed by atoms with van der Waals surface area (Å²) in [5, 5.41) is 2.61. The van der Waals surface area contributed by atoms with Crippen molar-refractivity contribution in [2.24, 2.45) is 5.92 Å². The van der Waals surface area contributed by atoms with Gasteiger partial charge in [0.15, 0.2) is 6.61 Å². The lowest BCUT2D eigenvalue weighted by atomic mass is 10.0. The average molecular weight is 394 g/mol. The Labute approximate surface area is 168 Å². The standard InChI is InChI=1S/C22H22N2O5/c1-14(2)12-18(24-20(26)16-10-6-7-11-17(16)21(24)27)22(28)29-13-19(25)23-15-8-4-3-5-9-15/h3-11,14,18H,12-13H2,1-2H3,(H,23,25)/t18-/m1/s1. The van der Waals surface area contributed by atoms with Crippen molar-refractivity contribution < 1.29 is 23.9 Å². The van der Waals surface area contributed by atoms with Crippen LogP contribution in [0, 0.1) is 5.92 Å². The highest BCUT2D eigenvalue weighted by Gasteiger charge is 2.43. The van der Waals surface area contributed by atoms with Crippen molar-refractivity contribution in [3.63, 3.8) is 0 Å². The zero-order chi connectivity index (χ0) is 21.0. The molecule has 7 heteroatoms. The summed E-state index contributed by atoms with van der Waals surface area (Å²) in [6.45, 7) is 3.24. The zero-order valence-electron chi connectivity index (χ0n) is 16.3. The molecule has 0 aliphatic carbocycles. The number of nitrogens with one attached hydrogen (secondary N) is 1. The molecule has 0 fully saturated rings. The van der Waals surface area contributed by atoms with Gasteiger partial charge in [-0.3, -0.25) is 19.3 Å². The molecule has 0 radical (unpaired) electrons. The maximum absolute atomic E-state index is 12.7. The largest absolute Gasteiger partial charge is 0.454 e. The van der Waals surface area contributed by atoms with Crippen LogP contribution >= 0.6 is 0 Å². The first kappa shape index (κ1) is 20.3. The molecular formula is C22H22N2O5. The lowest BCUT2D eigenvalue weighted by Gasteiger charge is -2.25.